The second-order valence-corrected chi connectivity index (χ2v) is 10.4. The highest BCUT2D eigenvalue weighted by molar-refractivity contribution is 7.15. The number of ether oxygens (including phenoxy) is 2. The summed E-state index contributed by atoms with van der Waals surface area (Å²) in [6, 6.07) is 13.4. The minimum absolute atomic E-state index is 0.0443. The van der Waals surface area contributed by atoms with Crippen LogP contribution in [0.4, 0.5) is 0 Å². The van der Waals surface area contributed by atoms with E-state index in [4.69, 9.17) is 9.47 Å². The predicted octanol–water partition coefficient (Wildman–Crippen LogP) is 4.48. The van der Waals surface area contributed by atoms with Crippen LogP contribution in [0.1, 0.15) is 44.3 Å². The van der Waals surface area contributed by atoms with Crippen molar-refractivity contribution in [3.8, 4) is 21.9 Å². The molecule has 2 heterocycles. The number of fused-ring (bicyclic) bond motifs is 1. The van der Waals surface area contributed by atoms with Crippen LogP contribution in [-0.2, 0) is 0 Å². The number of hydrogen-bond donors (Lipinski definition) is 1. The quantitative estimate of drug-likeness (QED) is 0.527. The van der Waals surface area contributed by atoms with Crippen LogP contribution in [0.15, 0.2) is 42.5 Å². The molecular weight excluding hydrogens is 462 g/mol. The molecule has 2 fully saturated rings. The average molecular weight is 492 g/mol. The van der Waals surface area contributed by atoms with Crippen molar-refractivity contribution in [1.29, 1.82) is 0 Å². The lowest BCUT2D eigenvalue weighted by Crippen LogP contribution is -2.45. The molecule has 1 aromatic heterocycles. The predicted molar refractivity (Wildman–Crippen MR) is 135 cm³/mol. The van der Waals surface area contributed by atoms with E-state index in [1.165, 1.54) is 7.11 Å². The second-order valence-electron chi connectivity index (χ2n) is 9.22. The first-order valence-electron chi connectivity index (χ1n) is 11.8. The van der Waals surface area contributed by atoms with E-state index in [9.17, 15) is 9.59 Å². The number of nitrogens with zero attached hydrogens (tertiary/aromatic N) is 2. The summed E-state index contributed by atoms with van der Waals surface area (Å²) < 4.78 is 10.6. The summed E-state index contributed by atoms with van der Waals surface area (Å²) in [4.78, 5) is 34.3. The standard InChI is InChI=1S/C27H29N3O4S/c1-15-6-5-7-17(10-15)25-24(29-16(2)35-25)27(32)30-19(11-18-12-22(18)30)14-28-26(31)21-9-8-20(33-3)13-23(21)34-4/h5-10,13,18-19,22H,11-12,14H2,1-4H3,(H,28,31)/t18-,19+,22?/m1/s1. The van der Waals surface area contributed by atoms with E-state index in [2.05, 4.69) is 16.4 Å². The number of piperidine rings is 1. The van der Waals surface area contributed by atoms with Crippen molar-refractivity contribution >= 4 is 23.2 Å². The van der Waals surface area contributed by atoms with Gasteiger partial charge >= 0.3 is 0 Å². The van der Waals surface area contributed by atoms with Crippen LogP contribution in [0.5, 0.6) is 11.5 Å². The van der Waals surface area contributed by atoms with E-state index in [1.54, 1.807) is 36.6 Å². The van der Waals surface area contributed by atoms with Crippen molar-refractivity contribution in [2.45, 2.75) is 38.8 Å². The highest BCUT2D eigenvalue weighted by atomic mass is 32.1. The van der Waals surface area contributed by atoms with Crippen molar-refractivity contribution < 1.29 is 19.1 Å². The lowest BCUT2D eigenvalue weighted by molar-refractivity contribution is 0.0684. The Morgan fingerprint density at radius 2 is 1.94 bits per heavy atom. The third kappa shape index (κ3) is 4.50. The lowest BCUT2D eigenvalue weighted by atomic mass is 10.1. The van der Waals surface area contributed by atoms with E-state index >= 15 is 0 Å². The number of aryl methyl sites for hydroxylation is 2. The summed E-state index contributed by atoms with van der Waals surface area (Å²) in [5.41, 5.74) is 3.11. The highest BCUT2D eigenvalue weighted by Gasteiger charge is 2.54. The number of carbonyl (C=O) groups is 2. The molecule has 3 atom stereocenters. The van der Waals surface area contributed by atoms with E-state index in [-0.39, 0.29) is 23.9 Å². The molecule has 2 amide bonds. The van der Waals surface area contributed by atoms with Gasteiger partial charge in [-0.1, -0.05) is 29.8 Å². The Kier molecular flexibility index (Phi) is 6.23. The molecule has 1 N–H and O–H groups in total. The van der Waals surface area contributed by atoms with Crippen LogP contribution >= 0.6 is 11.3 Å². The van der Waals surface area contributed by atoms with Gasteiger partial charge in [0.25, 0.3) is 11.8 Å². The molecule has 8 heteroatoms. The first kappa shape index (κ1) is 23.4. The average Bonchev–Trinajstić information content (AvgIpc) is 3.35. The van der Waals surface area contributed by atoms with Gasteiger partial charge in [0.15, 0.2) is 0 Å². The van der Waals surface area contributed by atoms with Gasteiger partial charge in [-0.05, 0) is 50.3 Å². The monoisotopic (exact) mass is 491 g/mol. The Labute approximate surface area is 209 Å². The number of methoxy groups -OCH3 is 2. The minimum Gasteiger partial charge on any atom is -0.497 e. The molecule has 0 radical (unpaired) electrons. The maximum atomic E-state index is 13.8. The molecule has 182 valence electrons. The normalized spacial score (nSPS) is 20.3. The minimum atomic E-state index is -0.234. The molecule has 0 spiro atoms. The van der Waals surface area contributed by atoms with Gasteiger partial charge in [0.1, 0.15) is 17.2 Å². The van der Waals surface area contributed by atoms with E-state index in [0.717, 1.165) is 33.9 Å². The number of amides is 2. The van der Waals surface area contributed by atoms with Gasteiger partial charge in [-0.25, -0.2) is 4.98 Å². The zero-order chi connectivity index (χ0) is 24.7. The lowest BCUT2D eigenvalue weighted by Gasteiger charge is -2.28. The number of nitrogens with one attached hydrogen (secondary N) is 1. The molecule has 1 unspecified atom stereocenters. The van der Waals surface area contributed by atoms with E-state index < -0.39 is 0 Å². The summed E-state index contributed by atoms with van der Waals surface area (Å²) in [7, 11) is 3.10. The summed E-state index contributed by atoms with van der Waals surface area (Å²) in [6.45, 7) is 4.37. The maximum Gasteiger partial charge on any atom is 0.274 e. The SMILES string of the molecule is COc1ccc(C(=O)NC[C@@H]2C[C@@H]3CC3N2C(=O)c2nc(C)sc2-c2cccc(C)c2)c(OC)c1. The zero-order valence-electron chi connectivity index (χ0n) is 20.3. The van der Waals surface area contributed by atoms with Gasteiger partial charge < -0.3 is 19.7 Å². The van der Waals surface area contributed by atoms with Crippen molar-refractivity contribution in [1.82, 2.24) is 15.2 Å². The second kappa shape index (κ2) is 9.34. The largest absolute Gasteiger partial charge is 0.497 e. The van der Waals surface area contributed by atoms with E-state index in [1.807, 2.05) is 36.9 Å². The van der Waals surface area contributed by atoms with Crippen molar-refractivity contribution in [2.24, 2.45) is 5.92 Å². The van der Waals surface area contributed by atoms with Gasteiger partial charge in [0, 0.05) is 18.7 Å². The molecule has 3 aromatic rings. The Hall–Kier alpha value is -3.39. The van der Waals surface area contributed by atoms with Crippen LogP contribution in [0.25, 0.3) is 10.4 Å². The molecule has 2 aromatic carbocycles. The Balaban J connectivity index is 1.34. The fourth-order valence-corrected chi connectivity index (χ4v) is 5.93. The maximum absolute atomic E-state index is 13.8. The van der Waals surface area contributed by atoms with Gasteiger partial charge in [-0.2, -0.15) is 0 Å². The third-order valence-corrected chi connectivity index (χ3v) is 7.83. The smallest absolute Gasteiger partial charge is 0.274 e. The summed E-state index contributed by atoms with van der Waals surface area (Å²) in [6.07, 6.45) is 1.91. The summed E-state index contributed by atoms with van der Waals surface area (Å²) in [5, 5.41) is 3.89. The fraction of sp³-hybridized carbons (Fsp3) is 0.370. The van der Waals surface area contributed by atoms with Crippen LogP contribution < -0.4 is 14.8 Å². The number of benzene rings is 2. The number of carbonyl (C=O) groups excluding carboxylic acids is 2. The third-order valence-electron chi connectivity index (χ3n) is 6.81. The fourth-order valence-electron chi connectivity index (χ4n) is 5.03. The van der Waals surface area contributed by atoms with E-state index in [0.29, 0.717) is 35.2 Å². The molecule has 7 nitrogen and oxygen atoms in total. The molecular formula is C27H29N3O4S. The molecule has 1 saturated heterocycles. The topological polar surface area (TPSA) is 80.8 Å². The first-order valence-corrected chi connectivity index (χ1v) is 12.6. The number of thiazole rings is 1. The molecule has 5 rings (SSSR count). The van der Waals surface area contributed by atoms with Gasteiger partial charge in [-0.15, -0.1) is 11.3 Å². The van der Waals surface area contributed by atoms with Crippen molar-refractivity contribution in [3.63, 3.8) is 0 Å². The molecule has 1 saturated carbocycles. The Morgan fingerprint density at radius 1 is 1.11 bits per heavy atom. The van der Waals surface area contributed by atoms with Crippen molar-refractivity contribution in [2.75, 3.05) is 20.8 Å². The Bertz CT molecular complexity index is 1290. The highest BCUT2D eigenvalue weighted by Crippen LogP contribution is 2.49. The van der Waals surface area contributed by atoms with Gasteiger partial charge in [0.05, 0.1) is 35.7 Å². The molecule has 1 aliphatic carbocycles. The van der Waals surface area contributed by atoms with Crippen LogP contribution in [-0.4, -0.2) is 54.5 Å². The number of hydrogen-bond acceptors (Lipinski definition) is 6. The number of likely N-dealkylation sites (tertiary alicyclic amines) is 1. The molecule has 1 aliphatic heterocycles. The van der Waals surface area contributed by atoms with Crippen LogP contribution in [0.2, 0.25) is 0 Å². The molecule has 0 bridgehead atoms. The number of rotatable bonds is 7. The summed E-state index contributed by atoms with van der Waals surface area (Å²) >= 11 is 1.55. The van der Waals surface area contributed by atoms with Crippen LogP contribution in [0, 0.1) is 19.8 Å². The van der Waals surface area contributed by atoms with Crippen molar-refractivity contribution in [3.05, 3.63) is 64.3 Å². The number of aromatic nitrogens is 1. The first-order chi connectivity index (χ1) is 16.9. The van der Waals surface area contributed by atoms with Gasteiger partial charge in [-0.3, -0.25) is 9.59 Å². The molecule has 35 heavy (non-hydrogen) atoms. The van der Waals surface area contributed by atoms with Crippen LogP contribution in [0.3, 0.4) is 0 Å². The van der Waals surface area contributed by atoms with Gasteiger partial charge in [0.2, 0.25) is 0 Å². The summed E-state index contributed by atoms with van der Waals surface area (Å²) in [5.74, 6) is 1.29. The Morgan fingerprint density at radius 3 is 2.69 bits per heavy atom. The molecule has 2 aliphatic rings. The zero-order valence-corrected chi connectivity index (χ0v) is 21.1.